The number of halogens is 6. The topological polar surface area (TPSA) is 123 Å². The summed E-state index contributed by atoms with van der Waals surface area (Å²) in [6.07, 6.45) is -5.95. The number of amides is 2. The van der Waals surface area contributed by atoms with Gasteiger partial charge in [0.1, 0.15) is 23.0 Å². The van der Waals surface area contributed by atoms with Crippen molar-refractivity contribution in [3.63, 3.8) is 0 Å². The summed E-state index contributed by atoms with van der Waals surface area (Å²) in [6, 6.07) is 15.7. The Labute approximate surface area is 333 Å². The Bertz CT molecular complexity index is 2110. The van der Waals surface area contributed by atoms with Crippen LogP contribution >= 0.6 is 23.5 Å². The monoisotopic (exact) mass is 840 g/mol. The molecule has 0 atom stereocenters. The molecular weight excluding hydrogens is 803 g/mol. The summed E-state index contributed by atoms with van der Waals surface area (Å²) in [5.74, 6) is -1.86. The van der Waals surface area contributed by atoms with E-state index in [1.807, 2.05) is 0 Å². The highest BCUT2D eigenvalue weighted by Gasteiger charge is 2.35. The number of thioether (sulfide) groups is 2. The Balaban J connectivity index is 0.000000306. The Hall–Kier alpha value is -5.36. The third kappa shape index (κ3) is 12.8. The van der Waals surface area contributed by atoms with Crippen molar-refractivity contribution >= 4 is 47.3 Å². The van der Waals surface area contributed by atoms with E-state index in [2.05, 4.69) is 0 Å². The molecule has 0 aliphatic rings. The van der Waals surface area contributed by atoms with Crippen LogP contribution in [0.2, 0.25) is 0 Å². The van der Waals surface area contributed by atoms with E-state index in [0.717, 1.165) is 35.7 Å². The van der Waals surface area contributed by atoms with Gasteiger partial charge in [0.2, 0.25) is 11.8 Å². The highest BCUT2D eigenvalue weighted by molar-refractivity contribution is 7.98. The van der Waals surface area contributed by atoms with Gasteiger partial charge in [0.25, 0.3) is 0 Å². The van der Waals surface area contributed by atoms with Crippen molar-refractivity contribution in [3.8, 4) is 23.0 Å². The normalized spacial score (nSPS) is 11.2. The Morgan fingerprint density at radius 2 is 1.02 bits per heavy atom. The fourth-order valence-electron chi connectivity index (χ4n) is 4.91. The molecule has 0 spiro atoms. The van der Waals surface area contributed by atoms with E-state index in [1.165, 1.54) is 98.5 Å². The van der Waals surface area contributed by atoms with E-state index in [-0.39, 0.29) is 68.8 Å². The lowest BCUT2D eigenvalue weighted by molar-refractivity contribution is -0.140. The van der Waals surface area contributed by atoms with Crippen LogP contribution in [-0.2, 0) is 39.8 Å². The highest BCUT2D eigenvalue weighted by atomic mass is 32.2. The standard InChI is InChI=1S/C20H20F3NO4S.C19H18F3NO4S/c1-12(25)24(2)11-14-9-13(19(26)27-3)5-7-17(14)28-15-6-8-18(29-4)16(10-15)20(21,22)23;1-11(24)23(2)10-13-8-12(18(25)26)4-6-16(13)27-14-5-7-17(28-3)15(9-14)19(20,21)22/h5-10H,11H2,1-4H3;4-9H,10H2,1-3H3,(H,25,26). The lowest BCUT2D eigenvalue weighted by atomic mass is 10.1. The maximum atomic E-state index is 13.3. The molecule has 0 radical (unpaired) electrons. The maximum Gasteiger partial charge on any atom is 0.417 e. The van der Waals surface area contributed by atoms with E-state index < -0.39 is 35.4 Å². The van der Waals surface area contributed by atoms with Gasteiger partial charge in [-0.2, -0.15) is 26.3 Å². The first kappa shape index (κ1) is 46.0. The van der Waals surface area contributed by atoms with Gasteiger partial charge in [-0.05, 0) is 85.3 Å². The average molecular weight is 841 g/mol. The van der Waals surface area contributed by atoms with Crippen molar-refractivity contribution < 1.29 is 64.8 Å². The zero-order chi connectivity index (χ0) is 42.8. The number of aromatic carboxylic acids is 1. The molecule has 0 fully saturated rings. The number of carboxylic acid groups (broad SMARTS) is 1. The summed E-state index contributed by atoms with van der Waals surface area (Å²) in [5, 5.41) is 9.17. The molecule has 4 aromatic carbocycles. The number of hydrogen-bond acceptors (Lipinski definition) is 9. The van der Waals surface area contributed by atoms with Gasteiger partial charge in [0.15, 0.2) is 0 Å². The molecule has 2 amide bonds. The first-order valence-corrected chi connectivity index (χ1v) is 18.9. The van der Waals surface area contributed by atoms with Crippen LogP contribution in [0.5, 0.6) is 23.0 Å². The number of esters is 1. The fraction of sp³-hybridized carbons (Fsp3) is 0.282. The molecule has 0 heterocycles. The summed E-state index contributed by atoms with van der Waals surface area (Å²) in [7, 11) is 4.32. The Morgan fingerprint density at radius 3 is 1.35 bits per heavy atom. The second-order valence-electron chi connectivity index (χ2n) is 12.1. The van der Waals surface area contributed by atoms with Crippen LogP contribution < -0.4 is 9.47 Å². The lowest BCUT2D eigenvalue weighted by Gasteiger charge is -2.19. The smallest absolute Gasteiger partial charge is 0.417 e. The number of hydrogen-bond donors (Lipinski definition) is 1. The lowest BCUT2D eigenvalue weighted by Crippen LogP contribution is -2.23. The van der Waals surface area contributed by atoms with Crippen molar-refractivity contribution in [2.24, 2.45) is 0 Å². The number of ether oxygens (including phenoxy) is 3. The van der Waals surface area contributed by atoms with Crippen LogP contribution in [0, 0.1) is 0 Å². The SMILES string of the molecule is COC(=O)c1ccc(Oc2ccc(SC)c(C(F)(F)F)c2)c(CN(C)C(C)=O)c1.CSc1ccc(Oc2ccc(C(=O)O)cc2CN(C)C(C)=O)cc1C(F)(F)F. The molecule has 306 valence electrons. The van der Waals surface area contributed by atoms with Crippen molar-refractivity contribution in [1.82, 2.24) is 9.80 Å². The zero-order valence-electron chi connectivity index (χ0n) is 31.6. The van der Waals surface area contributed by atoms with Gasteiger partial charge in [-0.25, -0.2) is 9.59 Å². The molecule has 57 heavy (non-hydrogen) atoms. The van der Waals surface area contributed by atoms with Crippen molar-refractivity contribution in [1.29, 1.82) is 0 Å². The molecule has 0 saturated carbocycles. The molecule has 18 heteroatoms. The van der Waals surface area contributed by atoms with Gasteiger partial charge in [-0.15, -0.1) is 23.5 Å². The molecule has 4 rings (SSSR count). The largest absolute Gasteiger partial charge is 0.478 e. The molecule has 0 saturated heterocycles. The van der Waals surface area contributed by atoms with Crippen LogP contribution in [-0.4, -0.2) is 72.4 Å². The van der Waals surface area contributed by atoms with E-state index in [0.29, 0.717) is 11.1 Å². The van der Waals surface area contributed by atoms with Crippen molar-refractivity contribution in [2.75, 3.05) is 33.7 Å². The van der Waals surface area contributed by atoms with E-state index in [9.17, 15) is 45.5 Å². The molecule has 10 nitrogen and oxygen atoms in total. The highest BCUT2D eigenvalue weighted by Crippen LogP contribution is 2.41. The third-order valence-electron chi connectivity index (χ3n) is 8.09. The van der Waals surface area contributed by atoms with Crippen LogP contribution in [0.15, 0.2) is 82.6 Å². The zero-order valence-corrected chi connectivity index (χ0v) is 33.3. The van der Waals surface area contributed by atoms with Gasteiger partial charge >= 0.3 is 24.3 Å². The summed E-state index contributed by atoms with van der Waals surface area (Å²) >= 11 is 1.96. The quantitative estimate of drug-likeness (QED) is 0.0838. The predicted octanol–water partition coefficient (Wildman–Crippen LogP) is 9.88. The molecular formula is C39H38F6N2O8S2. The van der Waals surface area contributed by atoms with Gasteiger partial charge < -0.3 is 29.1 Å². The van der Waals surface area contributed by atoms with Gasteiger partial charge in [-0.3, -0.25) is 9.59 Å². The summed E-state index contributed by atoms with van der Waals surface area (Å²) in [5.41, 5.74) is -0.583. The summed E-state index contributed by atoms with van der Waals surface area (Å²) < 4.78 is 95.7. The van der Waals surface area contributed by atoms with Crippen LogP contribution in [0.4, 0.5) is 26.3 Å². The minimum atomic E-state index is -4.54. The number of rotatable bonds is 12. The Morgan fingerprint density at radius 1 is 0.632 bits per heavy atom. The minimum Gasteiger partial charge on any atom is -0.478 e. The minimum absolute atomic E-state index is 0.00679. The third-order valence-corrected chi connectivity index (χ3v) is 9.68. The molecule has 0 aliphatic heterocycles. The predicted molar refractivity (Wildman–Crippen MR) is 202 cm³/mol. The first-order chi connectivity index (χ1) is 26.6. The first-order valence-electron chi connectivity index (χ1n) is 16.5. The summed E-state index contributed by atoms with van der Waals surface area (Å²) in [6.45, 7) is 2.87. The number of benzene rings is 4. The number of alkyl halides is 6. The van der Waals surface area contributed by atoms with Crippen molar-refractivity contribution in [2.45, 2.75) is 49.1 Å². The van der Waals surface area contributed by atoms with Gasteiger partial charge in [-0.1, -0.05) is 0 Å². The van der Waals surface area contributed by atoms with E-state index in [1.54, 1.807) is 19.6 Å². The van der Waals surface area contributed by atoms with Crippen molar-refractivity contribution in [3.05, 3.63) is 106 Å². The van der Waals surface area contributed by atoms with Crippen LogP contribution in [0.25, 0.3) is 0 Å². The van der Waals surface area contributed by atoms with Crippen LogP contribution in [0.3, 0.4) is 0 Å². The van der Waals surface area contributed by atoms with Gasteiger partial charge in [0.05, 0.1) is 29.4 Å². The molecule has 0 bridgehead atoms. The molecule has 0 aromatic heterocycles. The molecule has 0 unspecified atom stereocenters. The van der Waals surface area contributed by atoms with E-state index >= 15 is 0 Å². The average Bonchev–Trinajstić information content (AvgIpc) is 3.15. The summed E-state index contributed by atoms with van der Waals surface area (Å²) in [4.78, 5) is 49.0. The fourth-order valence-corrected chi connectivity index (χ4v) is 6.11. The number of methoxy groups -OCH3 is 1. The number of carbonyl (C=O) groups excluding carboxylic acids is 3. The Kier molecular flexibility index (Phi) is 15.9. The maximum absolute atomic E-state index is 13.3. The van der Waals surface area contributed by atoms with E-state index in [4.69, 9.17) is 19.3 Å². The second kappa shape index (κ2) is 19.7. The number of carboxylic acids is 1. The number of nitrogens with zero attached hydrogens (tertiary/aromatic N) is 2. The number of carbonyl (C=O) groups is 4. The molecule has 1 N–H and O–H groups in total. The van der Waals surface area contributed by atoms with Crippen LogP contribution in [0.1, 0.15) is 56.8 Å². The molecule has 4 aromatic rings. The molecule has 0 aliphatic carbocycles. The van der Waals surface area contributed by atoms with Gasteiger partial charge in [0, 0.05) is 62.0 Å². The second-order valence-corrected chi connectivity index (χ2v) is 13.8.